The molecule has 1 heterocycles. The van der Waals surface area contributed by atoms with Gasteiger partial charge in [-0.3, -0.25) is 0 Å². The number of carbonyl (C=O) groups excluding carboxylic acids is 1. The molecule has 0 saturated heterocycles. The van der Waals surface area contributed by atoms with E-state index in [0.717, 1.165) is 53.7 Å². The lowest BCUT2D eigenvalue weighted by molar-refractivity contribution is 0.262. The first-order valence-corrected chi connectivity index (χ1v) is 17.2. The van der Waals surface area contributed by atoms with E-state index in [4.69, 9.17) is 4.74 Å². The Morgan fingerprint density at radius 3 is 2.14 bits per heavy atom. The number of para-hydroxylation sites is 1. The Balaban J connectivity index is 1.43. The number of rotatable bonds is 18. The van der Waals surface area contributed by atoms with Gasteiger partial charge in [-0.15, -0.1) is 11.8 Å². The fourth-order valence-corrected chi connectivity index (χ4v) is 6.10. The fourth-order valence-electron chi connectivity index (χ4n) is 5.34. The van der Waals surface area contributed by atoms with Crippen molar-refractivity contribution in [2.75, 3.05) is 23.1 Å². The van der Waals surface area contributed by atoms with E-state index in [-0.39, 0.29) is 11.4 Å². The van der Waals surface area contributed by atoms with Crippen LogP contribution in [0.1, 0.15) is 123 Å². The summed E-state index contributed by atoms with van der Waals surface area (Å²) in [6, 6.07) is 13.8. The van der Waals surface area contributed by atoms with Crippen molar-refractivity contribution < 1.29 is 9.53 Å². The van der Waals surface area contributed by atoms with E-state index in [0.29, 0.717) is 0 Å². The van der Waals surface area contributed by atoms with Crippen LogP contribution in [0, 0.1) is 0 Å². The van der Waals surface area contributed by atoms with Gasteiger partial charge in [0.15, 0.2) is 0 Å². The third kappa shape index (κ3) is 12.3. The number of nitrogens with zero attached hydrogens (tertiary/aromatic N) is 1. The summed E-state index contributed by atoms with van der Waals surface area (Å²) in [5.74, 6) is 1.85. The summed E-state index contributed by atoms with van der Waals surface area (Å²) in [5, 5.41) is 6.10. The Labute approximate surface area is 260 Å². The van der Waals surface area contributed by atoms with Crippen molar-refractivity contribution in [3.63, 3.8) is 0 Å². The molecule has 2 aromatic carbocycles. The Kier molecular flexibility index (Phi) is 14.6. The van der Waals surface area contributed by atoms with Gasteiger partial charge in [0.25, 0.3) is 0 Å². The maximum atomic E-state index is 13.0. The van der Waals surface area contributed by atoms with Crippen molar-refractivity contribution in [2.45, 2.75) is 124 Å². The third-order valence-electron chi connectivity index (χ3n) is 7.76. The predicted octanol–water partition coefficient (Wildman–Crippen LogP) is 11.1. The van der Waals surface area contributed by atoms with E-state index in [9.17, 15) is 4.79 Å². The molecule has 6 heteroatoms. The summed E-state index contributed by atoms with van der Waals surface area (Å²) in [6.45, 7) is 12.5. The number of ether oxygens (including phenoxy) is 1. The highest BCUT2D eigenvalue weighted by Gasteiger charge is 2.20. The largest absolute Gasteiger partial charge is 0.493 e. The SMILES string of the molecule is CCCCCCCCCCCCCCOc1ccc(NC(=O)Nc2ccccc2CN2C=C(C)SC2)cc1C(C)(C)C. The summed E-state index contributed by atoms with van der Waals surface area (Å²) in [5.41, 5.74) is 3.69. The molecule has 232 valence electrons. The number of benzene rings is 2. The van der Waals surface area contributed by atoms with Crippen molar-refractivity contribution in [1.82, 2.24) is 4.90 Å². The van der Waals surface area contributed by atoms with Crippen LogP contribution in [0.2, 0.25) is 0 Å². The number of unbranched alkanes of at least 4 members (excludes halogenated alkanes) is 11. The molecule has 0 unspecified atom stereocenters. The zero-order valence-electron chi connectivity index (χ0n) is 26.9. The topological polar surface area (TPSA) is 53.6 Å². The van der Waals surface area contributed by atoms with E-state index in [1.165, 1.54) is 75.5 Å². The minimum Gasteiger partial charge on any atom is -0.493 e. The van der Waals surface area contributed by atoms with Gasteiger partial charge >= 0.3 is 6.03 Å². The Hall–Kier alpha value is -2.60. The molecule has 42 heavy (non-hydrogen) atoms. The molecule has 0 atom stereocenters. The lowest BCUT2D eigenvalue weighted by atomic mass is 9.86. The maximum absolute atomic E-state index is 13.0. The van der Waals surface area contributed by atoms with Crippen LogP contribution in [0.15, 0.2) is 53.6 Å². The van der Waals surface area contributed by atoms with Crippen molar-refractivity contribution in [3.8, 4) is 5.75 Å². The third-order valence-corrected chi connectivity index (χ3v) is 8.78. The normalized spacial score (nSPS) is 13.3. The summed E-state index contributed by atoms with van der Waals surface area (Å²) >= 11 is 1.84. The fraction of sp³-hybridized carbons (Fsp3) is 0.583. The van der Waals surface area contributed by atoms with Crippen molar-refractivity contribution >= 4 is 29.2 Å². The van der Waals surface area contributed by atoms with Crippen LogP contribution in [-0.4, -0.2) is 23.4 Å². The number of carbonyl (C=O) groups is 1. The van der Waals surface area contributed by atoms with Crippen LogP contribution in [0.3, 0.4) is 0 Å². The van der Waals surface area contributed by atoms with Gasteiger partial charge in [0.2, 0.25) is 0 Å². The molecule has 0 saturated carbocycles. The first kappa shape index (κ1) is 33.9. The van der Waals surface area contributed by atoms with Crippen molar-refractivity contribution in [1.29, 1.82) is 0 Å². The average molecular weight is 594 g/mol. The number of anilines is 2. The second-order valence-electron chi connectivity index (χ2n) is 12.7. The smallest absolute Gasteiger partial charge is 0.323 e. The van der Waals surface area contributed by atoms with Crippen LogP contribution in [-0.2, 0) is 12.0 Å². The lowest BCUT2D eigenvalue weighted by Gasteiger charge is -2.24. The molecule has 2 aromatic rings. The van der Waals surface area contributed by atoms with Crippen LogP contribution < -0.4 is 15.4 Å². The van der Waals surface area contributed by atoms with Gasteiger partial charge in [-0.05, 0) is 53.5 Å². The molecule has 1 aliphatic rings. The number of allylic oxidation sites excluding steroid dienone is 1. The van der Waals surface area contributed by atoms with Gasteiger partial charge in [-0.2, -0.15) is 0 Å². The highest BCUT2D eigenvalue weighted by molar-refractivity contribution is 8.03. The molecule has 0 fully saturated rings. The molecule has 2 N–H and O–H groups in total. The lowest BCUT2D eigenvalue weighted by Crippen LogP contribution is -2.22. The summed E-state index contributed by atoms with van der Waals surface area (Å²) in [6.07, 6.45) is 18.2. The standard InChI is InChI=1S/C36H55N3O2S/c1-6-7-8-9-10-11-12-13-14-15-16-19-24-41-34-23-22-31(25-32(34)36(3,4)5)37-35(40)38-33-21-18-17-20-30(33)27-39-26-29(2)42-28-39/h17-18,20-23,25-26H,6-16,19,24,27-28H2,1-5H3,(H2,37,38,40). The second kappa shape index (κ2) is 18.1. The first-order valence-electron chi connectivity index (χ1n) is 16.2. The van der Waals surface area contributed by atoms with Gasteiger partial charge in [-0.25, -0.2) is 4.79 Å². The monoisotopic (exact) mass is 593 g/mol. The molecular weight excluding hydrogens is 538 g/mol. The Morgan fingerprint density at radius 2 is 1.52 bits per heavy atom. The number of nitrogens with one attached hydrogen (secondary N) is 2. The number of thioether (sulfide) groups is 1. The summed E-state index contributed by atoms with van der Waals surface area (Å²) in [4.78, 5) is 16.6. The number of hydrogen-bond donors (Lipinski definition) is 2. The Morgan fingerprint density at radius 1 is 0.881 bits per heavy atom. The van der Waals surface area contributed by atoms with E-state index in [1.54, 1.807) is 0 Å². The molecule has 0 aromatic heterocycles. The number of hydrogen-bond acceptors (Lipinski definition) is 4. The number of amides is 2. The Bertz CT molecular complexity index is 1120. The zero-order chi connectivity index (χ0) is 30.2. The molecule has 1 aliphatic heterocycles. The molecular formula is C36H55N3O2S. The van der Waals surface area contributed by atoms with E-state index < -0.39 is 0 Å². The number of urea groups is 1. The first-order chi connectivity index (χ1) is 20.3. The second-order valence-corrected chi connectivity index (χ2v) is 13.9. The molecule has 0 bridgehead atoms. The zero-order valence-corrected chi connectivity index (χ0v) is 27.7. The minimum atomic E-state index is -0.241. The van der Waals surface area contributed by atoms with Crippen LogP contribution >= 0.6 is 11.8 Å². The van der Waals surface area contributed by atoms with Crippen LogP contribution in [0.4, 0.5) is 16.2 Å². The molecule has 2 amide bonds. The van der Waals surface area contributed by atoms with Gasteiger partial charge in [0.05, 0.1) is 12.5 Å². The highest BCUT2D eigenvalue weighted by atomic mass is 32.2. The average Bonchev–Trinajstić information content (AvgIpc) is 3.36. The van der Waals surface area contributed by atoms with Crippen LogP contribution in [0.25, 0.3) is 0 Å². The van der Waals surface area contributed by atoms with Gasteiger partial charge in [-0.1, -0.05) is 117 Å². The van der Waals surface area contributed by atoms with Gasteiger partial charge in [0.1, 0.15) is 5.75 Å². The molecule has 5 nitrogen and oxygen atoms in total. The minimum absolute atomic E-state index is 0.105. The van der Waals surface area contributed by atoms with Gasteiger partial charge < -0.3 is 20.3 Å². The highest BCUT2D eigenvalue weighted by Crippen LogP contribution is 2.34. The maximum Gasteiger partial charge on any atom is 0.323 e. The predicted molar refractivity (Wildman–Crippen MR) is 183 cm³/mol. The molecule has 0 radical (unpaired) electrons. The summed E-state index contributed by atoms with van der Waals surface area (Å²) in [7, 11) is 0. The van der Waals surface area contributed by atoms with E-state index >= 15 is 0 Å². The van der Waals surface area contributed by atoms with Crippen molar-refractivity contribution in [3.05, 3.63) is 64.7 Å². The quantitative estimate of drug-likeness (QED) is 0.169. The van der Waals surface area contributed by atoms with Crippen LogP contribution in [0.5, 0.6) is 5.75 Å². The van der Waals surface area contributed by atoms with E-state index in [2.05, 4.69) is 68.5 Å². The molecule has 3 rings (SSSR count). The summed E-state index contributed by atoms with van der Waals surface area (Å²) < 4.78 is 6.26. The van der Waals surface area contributed by atoms with E-state index in [1.807, 2.05) is 42.1 Å². The van der Waals surface area contributed by atoms with Crippen molar-refractivity contribution in [2.24, 2.45) is 0 Å². The molecule has 0 aliphatic carbocycles. The van der Waals surface area contributed by atoms with Gasteiger partial charge in [0, 0.05) is 29.7 Å². The molecule has 0 spiro atoms.